The number of benzene rings is 3. The molecular weight excluding hydrogens is 1150 g/mol. The number of fused-ring (bicyclic) bond motifs is 3. The molecule has 0 amide bonds. The normalized spacial score (nSPS) is 33.4. The van der Waals surface area contributed by atoms with E-state index < -0.39 is 266 Å². The molecule has 0 radical (unpaired) electrons. The third-order valence-electron chi connectivity index (χ3n) is 9.53. The molecule has 12 rings (SSSR count). The minimum Gasteiger partial charge on any atom is -0.367 e. The summed E-state index contributed by atoms with van der Waals surface area (Å²) in [5, 5.41) is 25.7. The predicted octanol–water partition coefficient (Wildman–Crippen LogP) is 13.3. The van der Waals surface area contributed by atoms with Gasteiger partial charge in [-0.05, 0) is 109 Å². The number of nitriles is 3. The molecule has 9 heterocycles. The molecule has 6 aromatic heterocycles. The van der Waals surface area contributed by atoms with Gasteiger partial charge < -0.3 is 15.9 Å². The molecule has 9 aromatic rings. The van der Waals surface area contributed by atoms with E-state index in [1.807, 2.05) is 0 Å². The van der Waals surface area contributed by atoms with Crippen LogP contribution in [0.1, 0.15) is 129 Å². The Labute approximate surface area is 556 Å². The Balaban J connectivity index is 0.000000197. The highest BCUT2D eigenvalue weighted by Gasteiger charge is 2.24. The summed E-state index contributed by atoms with van der Waals surface area (Å²) in [6.45, 7) is -32.9. The van der Waals surface area contributed by atoms with Gasteiger partial charge in [-0.3, -0.25) is 14.7 Å². The second kappa shape index (κ2) is 26.8. The van der Waals surface area contributed by atoms with E-state index in [1.165, 1.54) is 18.2 Å². The van der Waals surface area contributed by atoms with Crippen molar-refractivity contribution < 1.29 is 75.0 Å². The van der Waals surface area contributed by atoms with Gasteiger partial charge in [0.2, 0.25) is 0 Å². The topological polar surface area (TPSA) is 195 Å². The molecule has 3 aliphatic rings. The number of likely N-dealkylation sites (tertiary alicyclic amines) is 3. The van der Waals surface area contributed by atoms with Crippen LogP contribution < -0.4 is 15.9 Å². The summed E-state index contributed by atoms with van der Waals surface area (Å²) >= 11 is 20.0. The summed E-state index contributed by atoms with van der Waals surface area (Å²) in [4.78, 5) is 20.8. The van der Waals surface area contributed by atoms with Gasteiger partial charge in [-0.1, -0.05) is 52.9 Å². The molecule has 414 valence electrons. The lowest BCUT2D eigenvalue weighted by molar-refractivity contribution is 0.211. The molecule has 0 aliphatic carbocycles. The number of hydrogen-bond donors (Lipinski definition) is 3. The largest absolute Gasteiger partial charge is 0.367 e. The SMILES string of the molecule is [2H]c1cc(F)c(C#N)c([2H])c1C([2H])N1C([2H])([2H])C([2H])([2H])C([2H])(N([2H])c2ncnc3sc(Cl)c([2H])c23)C([2H])([2H])C1([2H])[2H].[2H]c1nc(N([2H])C2([2H])C([2H])([2H])C([2H])([2H])N(C([2H])([2H])c3c([2H])cc(F)c(C#N)c3[2H])C([2H])([2H])C2([2H])[2H])c2c([2H])c(Cl)sc2n1.[2H]c1nc(N([2H])C2([2H])C([2H])([2H])C([2H])([2H])N(C([2H])c3c([2H])cc(F)c(C#N)c3[2H])C([2H])([2H])C2([2H])[2H])c2c([2H])c(Cl)sc2n1. The lowest BCUT2D eigenvalue weighted by Crippen LogP contribution is -2.38. The zero-order valence-corrected chi connectivity index (χ0v) is 43.9. The van der Waals surface area contributed by atoms with Gasteiger partial charge in [0.1, 0.15) is 89.3 Å². The van der Waals surface area contributed by atoms with Crippen molar-refractivity contribution in [2.45, 2.75) is 75.8 Å². The van der Waals surface area contributed by atoms with E-state index >= 15 is 0 Å². The number of hydrogen-bond acceptors (Lipinski definition) is 18. The lowest BCUT2D eigenvalue weighted by atomic mass is 10.0. The summed E-state index contributed by atoms with van der Waals surface area (Å²) in [7, 11) is 0. The maximum absolute atomic E-state index is 14.2. The Bertz CT molecular complexity index is 6040. The number of thiophene rings is 3. The van der Waals surface area contributed by atoms with Crippen LogP contribution in [0.2, 0.25) is 17.2 Å². The molecule has 24 heteroatoms. The van der Waals surface area contributed by atoms with Crippen molar-refractivity contribution in [2.75, 3.05) is 54.9 Å². The van der Waals surface area contributed by atoms with E-state index in [0.29, 0.717) is 40.9 Å². The molecule has 3 aliphatic heterocycles. The van der Waals surface area contributed by atoms with Crippen molar-refractivity contribution in [1.82, 2.24) is 44.6 Å². The molecule has 3 fully saturated rings. The molecule has 81 heavy (non-hydrogen) atoms. The number of nitrogens with one attached hydrogen (secondary N) is 3. The number of rotatable bonds is 12. The van der Waals surface area contributed by atoms with Crippen molar-refractivity contribution >= 4 is 117 Å². The first-order valence-electron chi connectivity index (χ1n) is 44.0. The van der Waals surface area contributed by atoms with E-state index in [4.69, 9.17) is 96.6 Å². The van der Waals surface area contributed by atoms with Crippen molar-refractivity contribution in [3.8, 4) is 18.2 Å². The first-order valence-corrected chi connectivity index (χ1v) is 25.1. The Morgan fingerprint density at radius 2 is 0.889 bits per heavy atom. The highest BCUT2D eigenvalue weighted by atomic mass is 35.5. The van der Waals surface area contributed by atoms with E-state index in [0.717, 1.165) is 17.7 Å². The summed E-state index contributed by atoms with van der Waals surface area (Å²) in [6.07, 6.45) is -24.9. The molecule has 2 unspecified atom stereocenters. The van der Waals surface area contributed by atoms with E-state index in [1.54, 1.807) is 0 Å². The summed E-state index contributed by atoms with van der Waals surface area (Å²) < 4.78 is 425. The second-order valence-corrected chi connectivity index (χ2v) is 19.5. The van der Waals surface area contributed by atoms with Gasteiger partial charge in [-0.15, -0.1) is 34.0 Å². The smallest absolute Gasteiger partial charge is 0.162 e. The van der Waals surface area contributed by atoms with Gasteiger partial charge in [-0.2, -0.15) is 15.8 Å². The van der Waals surface area contributed by atoms with Crippen LogP contribution in [0.5, 0.6) is 0 Å². The third-order valence-corrected chi connectivity index (χ3v) is 12.8. The van der Waals surface area contributed by atoms with Crippen molar-refractivity contribution in [2.24, 2.45) is 0 Å². The lowest BCUT2D eigenvalue weighted by Gasteiger charge is -2.32. The van der Waals surface area contributed by atoms with Crippen LogP contribution in [0.15, 0.2) is 91.5 Å². The van der Waals surface area contributed by atoms with Gasteiger partial charge >= 0.3 is 0 Å². The van der Waals surface area contributed by atoms with Gasteiger partial charge in [0.15, 0.2) is 4.24 Å². The summed E-state index contributed by atoms with van der Waals surface area (Å²) in [5.41, 5.74) is -6.21. The molecule has 3 saturated heterocycles. The van der Waals surface area contributed by atoms with Crippen LogP contribution in [-0.2, 0) is 19.5 Å². The zero-order chi connectivity index (χ0) is 96.4. The fourth-order valence-electron chi connectivity index (χ4n) is 6.08. The number of anilines is 3. The summed E-state index contributed by atoms with van der Waals surface area (Å²) in [6, 6.07) is -14.8. The molecule has 2 atom stereocenters. The van der Waals surface area contributed by atoms with Gasteiger partial charge in [0.05, 0.1) is 62.3 Å². The zero-order valence-electron chi connectivity index (χ0n) is 84.2. The van der Waals surface area contributed by atoms with Crippen LogP contribution in [0.25, 0.3) is 30.6 Å². The molecule has 0 bridgehead atoms. The average molecular weight is 1250 g/mol. The van der Waals surface area contributed by atoms with Gasteiger partial charge in [0.25, 0.3) is 0 Å². The number of halogens is 6. The molecule has 15 nitrogen and oxygen atoms in total. The maximum Gasteiger partial charge on any atom is 0.162 e. The fourth-order valence-corrected chi connectivity index (χ4v) is 9.00. The molecule has 3 N–H and O–H groups in total. The first kappa shape index (κ1) is 24.2. The quantitative estimate of drug-likeness (QED) is 0.104. The minimum absolute atomic E-state index is 0.00258. The molecular formula is C57H51Cl3F3N15S3. The molecule has 0 saturated carbocycles. The fraction of sp³-hybridized carbons (Fsp3) is 0.316. The summed E-state index contributed by atoms with van der Waals surface area (Å²) in [5.74, 6) is -6.69. The van der Waals surface area contributed by atoms with E-state index in [-0.39, 0.29) is 58.6 Å². The first-order chi connectivity index (χ1) is 57.0. The van der Waals surface area contributed by atoms with Crippen molar-refractivity contribution in [1.29, 1.82) is 15.8 Å². The Kier molecular flexibility index (Phi) is 8.02. The van der Waals surface area contributed by atoms with E-state index in [2.05, 4.69) is 29.9 Å². The van der Waals surface area contributed by atoms with E-state index in [9.17, 15) is 29.0 Å². The van der Waals surface area contributed by atoms with Gasteiger partial charge in [-0.25, -0.2) is 43.1 Å². The van der Waals surface area contributed by atoms with Crippen molar-refractivity contribution in [3.63, 3.8) is 0 Å². The maximum atomic E-state index is 14.2. The van der Waals surface area contributed by atoms with Crippen LogP contribution in [0, 0.1) is 51.4 Å². The number of piperidine rings is 3. The Hall–Kier alpha value is -6.81. The standard InChI is InChI=1S/3C19H17ClFN5S/c3*20-17-8-15-18(23-11-24-19(15)27-17)25-14-3-5-26(6-4-14)10-12-1-2-16(21)13(7-12)9-22/h3*1-2,7-8,11,14H,3-6,10H2,(H,23,24,25)/i1D,3D2,4D2,5D2,6D2,7D,8D,10D2,11D,14D;1D,3D2,4D2,5D2,6D2,7D,8D,10D,11D,14D;1D,3D2,4D2,5D2,6D2,7D,8D,10D,14D/hD3. The predicted molar refractivity (Wildman–Crippen MR) is 316 cm³/mol. The molecule has 0 spiro atoms. The Morgan fingerprint density at radius 1 is 0.543 bits per heavy atom. The average Bonchev–Trinajstić information content (AvgIpc) is 0.715. The third kappa shape index (κ3) is 14.8. The van der Waals surface area contributed by atoms with Crippen LogP contribution in [-0.4, -0.2) is 102 Å². The van der Waals surface area contributed by atoms with Gasteiger partial charge in [0, 0.05) is 115 Å². The van der Waals surface area contributed by atoms with Crippen molar-refractivity contribution in [3.05, 3.63) is 155 Å². The van der Waals surface area contributed by atoms with Crippen LogP contribution >= 0.6 is 68.8 Å². The minimum atomic E-state index is -4.13. The number of nitrogens with zero attached hydrogens (tertiary/aromatic N) is 12. The Morgan fingerprint density at radius 3 is 1.28 bits per heavy atom. The second-order valence-electron chi connectivity index (χ2n) is 14.7. The van der Waals surface area contributed by atoms with Crippen LogP contribution in [0.4, 0.5) is 30.6 Å². The monoisotopic (exact) mass is 1250 g/mol. The molecule has 3 aromatic carbocycles. The number of aromatic nitrogens is 6. The van der Waals surface area contributed by atoms with Crippen LogP contribution in [0.3, 0.4) is 0 Å². The highest BCUT2D eigenvalue weighted by Crippen LogP contribution is 2.35. The highest BCUT2D eigenvalue weighted by molar-refractivity contribution is 7.23.